The molecule has 4 heteroatoms. The van der Waals surface area contributed by atoms with E-state index >= 15 is 0 Å². The van der Waals surface area contributed by atoms with Crippen LogP contribution in [0.4, 0.5) is 4.39 Å². The van der Waals surface area contributed by atoms with Gasteiger partial charge in [0.15, 0.2) is 0 Å². The van der Waals surface area contributed by atoms with Crippen molar-refractivity contribution in [3.63, 3.8) is 0 Å². The van der Waals surface area contributed by atoms with E-state index in [0.717, 1.165) is 36.3 Å². The van der Waals surface area contributed by atoms with Crippen molar-refractivity contribution in [3.8, 4) is 11.1 Å². The minimum absolute atomic E-state index is 0.206. The third-order valence-corrected chi connectivity index (χ3v) is 3.46. The zero-order valence-corrected chi connectivity index (χ0v) is 10.4. The van der Waals surface area contributed by atoms with Gasteiger partial charge in [0.25, 0.3) is 0 Å². The van der Waals surface area contributed by atoms with E-state index in [2.05, 4.69) is 10.4 Å². The van der Waals surface area contributed by atoms with Crippen LogP contribution in [0.5, 0.6) is 0 Å². The van der Waals surface area contributed by atoms with Crippen molar-refractivity contribution in [2.24, 2.45) is 0 Å². The fourth-order valence-corrected chi connectivity index (χ4v) is 2.47. The summed E-state index contributed by atoms with van der Waals surface area (Å²) in [6.07, 6.45) is 3.13. The molecule has 1 N–H and O–H groups in total. The number of nitrogens with zero attached hydrogens (tertiary/aromatic N) is 2. The molecule has 0 spiro atoms. The van der Waals surface area contributed by atoms with Crippen LogP contribution in [0.3, 0.4) is 0 Å². The Morgan fingerprint density at radius 3 is 3.06 bits per heavy atom. The molecular weight excluding hydrogens is 229 g/mol. The molecule has 1 aromatic heterocycles. The zero-order chi connectivity index (χ0) is 12.5. The molecule has 2 heterocycles. The maximum absolute atomic E-state index is 13.3. The number of nitrogens with one attached hydrogen (secondary N) is 1. The van der Waals surface area contributed by atoms with Gasteiger partial charge >= 0.3 is 0 Å². The van der Waals surface area contributed by atoms with Gasteiger partial charge in [-0.1, -0.05) is 12.1 Å². The number of benzene rings is 1. The lowest BCUT2D eigenvalue weighted by atomic mass is 10.1. The lowest BCUT2D eigenvalue weighted by molar-refractivity contribution is 0.488. The van der Waals surface area contributed by atoms with Crippen molar-refractivity contribution in [1.29, 1.82) is 0 Å². The molecule has 1 aliphatic rings. The third-order valence-electron chi connectivity index (χ3n) is 3.46. The maximum Gasteiger partial charge on any atom is 0.123 e. The Bertz CT molecular complexity index is 556. The first-order chi connectivity index (χ1) is 8.74. The molecule has 1 unspecified atom stereocenters. The number of aromatic nitrogens is 2. The summed E-state index contributed by atoms with van der Waals surface area (Å²) in [5.74, 6) is -0.206. The summed E-state index contributed by atoms with van der Waals surface area (Å²) in [6, 6.07) is 7.10. The second-order valence-electron chi connectivity index (χ2n) is 4.77. The number of hydrogen-bond donors (Lipinski definition) is 1. The van der Waals surface area contributed by atoms with Gasteiger partial charge in [-0.2, -0.15) is 5.10 Å². The van der Waals surface area contributed by atoms with E-state index in [-0.39, 0.29) is 5.82 Å². The fraction of sp³-hybridized carbons (Fsp3) is 0.357. The van der Waals surface area contributed by atoms with Gasteiger partial charge in [-0.3, -0.25) is 4.68 Å². The predicted octanol–water partition coefficient (Wildman–Crippen LogP) is 2.53. The lowest BCUT2D eigenvalue weighted by Gasteiger charge is -2.07. The summed E-state index contributed by atoms with van der Waals surface area (Å²) >= 11 is 0. The second-order valence-corrected chi connectivity index (χ2v) is 4.77. The van der Waals surface area contributed by atoms with E-state index in [0.29, 0.717) is 6.04 Å². The SMILES string of the molecule is Cc1nn(C2CCNC2)cc1-c1cccc(F)c1. The van der Waals surface area contributed by atoms with Gasteiger partial charge in [0.05, 0.1) is 11.7 Å². The summed E-state index contributed by atoms with van der Waals surface area (Å²) in [7, 11) is 0. The van der Waals surface area contributed by atoms with E-state index in [9.17, 15) is 4.39 Å². The van der Waals surface area contributed by atoms with Gasteiger partial charge in [0, 0.05) is 18.3 Å². The van der Waals surface area contributed by atoms with E-state index in [1.165, 1.54) is 6.07 Å². The van der Waals surface area contributed by atoms with Crippen LogP contribution in [-0.4, -0.2) is 22.9 Å². The molecule has 18 heavy (non-hydrogen) atoms. The van der Waals surface area contributed by atoms with Crippen LogP contribution in [0.1, 0.15) is 18.2 Å². The number of rotatable bonds is 2. The number of hydrogen-bond acceptors (Lipinski definition) is 2. The van der Waals surface area contributed by atoms with Crippen LogP contribution in [-0.2, 0) is 0 Å². The molecule has 0 amide bonds. The predicted molar refractivity (Wildman–Crippen MR) is 68.9 cm³/mol. The van der Waals surface area contributed by atoms with Gasteiger partial charge in [0.1, 0.15) is 5.82 Å². The molecule has 1 fully saturated rings. The van der Waals surface area contributed by atoms with Crippen molar-refractivity contribution in [1.82, 2.24) is 15.1 Å². The monoisotopic (exact) mass is 245 g/mol. The molecule has 0 radical (unpaired) electrons. The third kappa shape index (κ3) is 2.04. The Kier molecular flexibility index (Phi) is 2.88. The maximum atomic E-state index is 13.3. The molecule has 3 rings (SSSR count). The molecule has 1 aliphatic heterocycles. The molecule has 3 nitrogen and oxygen atoms in total. The normalized spacial score (nSPS) is 19.3. The summed E-state index contributed by atoms with van der Waals surface area (Å²) in [4.78, 5) is 0. The van der Waals surface area contributed by atoms with Crippen molar-refractivity contribution in [3.05, 3.63) is 42.0 Å². The van der Waals surface area contributed by atoms with Gasteiger partial charge in [-0.25, -0.2) is 4.39 Å². The summed E-state index contributed by atoms with van der Waals surface area (Å²) in [6.45, 7) is 3.97. The minimum atomic E-state index is -0.206. The summed E-state index contributed by atoms with van der Waals surface area (Å²) in [5, 5.41) is 7.88. The molecule has 2 aromatic rings. The van der Waals surface area contributed by atoms with Gasteiger partial charge < -0.3 is 5.32 Å². The average molecular weight is 245 g/mol. The van der Waals surface area contributed by atoms with E-state index in [4.69, 9.17) is 0 Å². The van der Waals surface area contributed by atoms with Gasteiger partial charge in [-0.05, 0) is 37.6 Å². The summed E-state index contributed by atoms with van der Waals surface area (Å²) in [5.41, 5.74) is 2.86. The van der Waals surface area contributed by atoms with Crippen LogP contribution in [0.25, 0.3) is 11.1 Å². The molecular formula is C14H16FN3. The molecule has 0 aliphatic carbocycles. The quantitative estimate of drug-likeness (QED) is 0.881. The highest BCUT2D eigenvalue weighted by Gasteiger charge is 2.18. The topological polar surface area (TPSA) is 29.9 Å². The zero-order valence-electron chi connectivity index (χ0n) is 10.4. The molecule has 0 bridgehead atoms. The van der Waals surface area contributed by atoms with E-state index in [1.807, 2.05) is 23.9 Å². The van der Waals surface area contributed by atoms with Crippen LogP contribution in [0.15, 0.2) is 30.5 Å². The van der Waals surface area contributed by atoms with Crippen molar-refractivity contribution < 1.29 is 4.39 Å². The molecule has 1 aromatic carbocycles. The Balaban J connectivity index is 1.97. The average Bonchev–Trinajstić information content (AvgIpc) is 2.97. The Morgan fingerprint density at radius 2 is 2.33 bits per heavy atom. The first-order valence-corrected chi connectivity index (χ1v) is 6.26. The fourth-order valence-electron chi connectivity index (χ4n) is 2.47. The van der Waals surface area contributed by atoms with Crippen LogP contribution < -0.4 is 5.32 Å². The van der Waals surface area contributed by atoms with Gasteiger partial charge in [0.2, 0.25) is 0 Å². The lowest BCUT2D eigenvalue weighted by Crippen LogP contribution is -2.13. The van der Waals surface area contributed by atoms with Crippen LogP contribution in [0.2, 0.25) is 0 Å². The first kappa shape index (κ1) is 11.4. The van der Waals surface area contributed by atoms with Crippen molar-refractivity contribution >= 4 is 0 Å². The Hall–Kier alpha value is -1.68. The smallest absolute Gasteiger partial charge is 0.123 e. The Morgan fingerprint density at radius 1 is 1.44 bits per heavy atom. The number of aryl methyl sites for hydroxylation is 1. The summed E-state index contributed by atoms with van der Waals surface area (Å²) < 4.78 is 15.3. The highest BCUT2D eigenvalue weighted by molar-refractivity contribution is 5.65. The van der Waals surface area contributed by atoms with Crippen molar-refractivity contribution in [2.45, 2.75) is 19.4 Å². The number of halogens is 1. The van der Waals surface area contributed by atoms with Gasteiger partial charge in [-0.15, -0.1) is 0 Å². The highest BCUT2D eigenvalue weighted by Crippen LogP contribution is 2.25. The molecule has 1 atom stereocenters. The molecule has 1 saturated heterocycles. The second kappa shape index (κ2) is 4.53. The largest absolute Gasteiger partial charge is 0.315 e. The minimum Gasteiger partial charge on any atom is -0.315 e. The first-order valence-electron chi connectivity index (χ1n) is 6.26. The molecule has 0 saturated carbocycles. The Labute approximate surface area is 106 Å². The van der Waals surface area contributed by atoms with Crippen molar-refractivity contribution in [2.75, 3.05) is 13.1 Å². The molecule has 94 valence electrons. The van der Waals surface area contributed by atoms with Crippen LogP contribution >= 0.6 is 0 Å². The van der Waals surface area contributed by atoms with E-state index in [1.54, 1.807) is 12.1 Å². The van der Waals surface area contributed by atoms with Crippen LogP contribution in [0, 0.1) is 12.7 Å². The highest BCUT2D eigenvalue weighted by atomic mass is 19.1. The van der Waals surface area contributed by atoms with E-state index < -0.39 is 0 Å². The standard InChI is InChI=1S/C14H16FN3/c1-10-14(11-3-2-4-12(15)7-11)9-18(17-10)13-5-6-16-8-13/h2-4,7,9,13,16H,5-6,8H2,1H3.